The number of carbonyl (C=O) groups is 2. The van der Waals surface area contributed by atoms with Crippen LogP contribution in [0, 0.1) is 13.8 Å². The third-order valence-electron chi connectivity index (χ3n) is 6.36. The standard InChI is InChI=1S/C27H39N3O4S/c1-7-21(3)28-27(32)23(5)29(19-24-14-9-8-10-15-24)26(31)17-12-18-30(35(6,33)34)25-16-11-13-20(2)22(25)4/h8-11,13-16,21,23H,7,12,17-19H2,1-6H3,(H,28,32)/t21-,23-/m1/s1. The summed E-state index contributed by atoms with van der Waals surface area (Å²) in [5.41, 5.74) is 3.45. The average molecular weight is 502 g/mol. The molecule has 0 aliphatic rings. The largest absolute Gasteiger partial charge is 0.352 e. The Kier molecular flexibility index (Phi) is 10.3. The van der Waals surface area contributed by atoms with Crippen LogP contribution in [0.5, 0.6) is 0 Å². The van der Waals surface area contributed by atoms with Gasteiger partial charge in [-0.25, -0.2) is 8.42 Å². The van der Waals surface area contributed by atoms with E-state index < -0.39 is 16.1 Å². The zero-order valence-corrected chi connectivity index (χ0v) is 22.6. The van der Waals surface area contributed by atoms with Crippen LogP contribution in [0.3, 0.4) is 0 Å². The molecule has 2 aromatic rings. The number of anilines is 1. The van der Waals surface area contributed by atoms with Crippen LogP contribution in [-0.4, -0.2) is 50.0 Å². The van der Waals surface area contributed by atoms with Gasteiger partial charge in [-0.1, -0.05) is 49.4 Å². The molecule has 0 saturated carbocycles. The molecule has 35 heavy (non-hydrogen) atoms. The van der Waals surface area contributed by atoms with E-state index >= 15 is 0 Å². The van der Waals surface area contributed by atoms with E-state index in [2.05, 4.69) is 5.32 Å². The Labute approximate surface area is 210 Å². The van der Waals surface area contributed by atoms with Gasteiger partial charge >= 0.3 is 0 Å². The number of aryl methyl sites for hydroxylation is 1. The minimum atomic E-state index is -3.53. The zero-order chi connectivity index (χ0) is 26.2. The highest BCUT2D eigenvalue weighted by atomic mass is 32.2. The van der Waals surface area contributed by atoms with E-state index in [-0.39, 0.29) is 30.8 Å². The van der Waals surface area contributed by atoms with Crippen molar-refractivity contribution in [1.29, 1.82) is 0 Å². The van der Waals surface area contributed by atoms with E-state index in [1.54, 1.807) is 17.9 Å². The van der Waals surface area contributed by atoms with Crippen LogP contribution in [0.25, 0.3) is 0 Å². The second-order valence-corrected chi connectivity index (χ2v) is 11.1. The molecule has 192 valence electrons. The Morgan fingerprint density at radius 1 is 1.00 bits per heavy atom. The molecule has 0 radical (unpaired) electrons. The molecule has 7 nitrogen and oxygen atoms in total. The quantitative estimate of drug-likeness (QED) is 0.473. The third kappa shape index (κ3) is 8.09. The van der Waals surface area contributed by atoms with Gasteiger partial charge in [0.2, 0.25) is 21.8 Å². The van der Waals surface area contributed by atoms with Gasteiger partial charge in [0.05, 0.1) is 11.9 Å². The maximum Gasteiger partial charge on any atom is 0.242 e. The first-order chi connectivity index (χ1) is 16.5. The molecular formula is C27H39N3O4S. The van der Waals surface area contributed by atoms with E-state index in [4.69, 9.17) is 0 Å². The summed E-state index contributed by atoms with van der Waals surface area (Å²) < 4.78 is 26.5. The third-order valence-corrected chi connectivity index (χ3v) is 7.54. The molecule has 2 rings (SSSR count). The molecule has 2 aromatic carbocycles. The van der Waals surface area contributed by atoms with Gasteiger partial charge < -0.3 is 10.2 Å². The number of nitrogens with zero attached hydrogens (tertiary/aromatic N) is 2. The summed E-state index contributed by atoms with van der Waals surface area (Å²) in [6.07, 6.45) is 2.44. The minimum absolute atomic E-state index is 0.0134. The van der Waals surface area contributed by atoms with Crippen LogP contribution >= 0.6 is 0 Å². The molecular weight excluding hydrogens is 462 g/mol. The summed E-state index contributed by atoms with van der Waals surface area (Å²) in [6, 6.07) is 14.5. The summed E-state index contributed by atoms with van der Waals surface area (Å²) in [5.74, 6) is -0.383. The van der Waals surface area contributed by atoms with Crippen molar-refractivity contribution in [2.24, 2.45) is 0 Å². The van der Waals surface area contributed by atoms with E-state index in [1.165, 1.54) is 10.6 Å². The Morgan fingerprint density at radius 3 is 2.26 bits per heavy atom. The Hall–Kier alpha value is -2.87. The van der Waals surface area contributed by atoms with Gasteiger partial charge in [-0.3, -0.25) is 13.9 Å². The van der Waals surface area contributed by atoms with Crippen LogP contribution in [0.4, 0.5) is 5.69 Å². The average Bonchev–Trinajstić information content (AvgIpc) is 2.81. The number of amides is 2. The summed E-state index contributed by atoms with van der Waals surface area (Å²) in [5, 5.41) is 2.96. The lowest BCUT2D eigenvalue weighted by Crippen LogP contribution is -2.49. The highest BCUT2D eigenvalue weighted by Gasteiger charge is 2.27. The van der Waals surface area contributed by atoms with Gasteiger partial charge in [0.25, 0.3) is 0 Å². The molecule has 0 bridgehead atoms. The topological polar surface area (TPSA) is 86.8 Å². The Bertz CT molecular complexity index is 1100. The lowest BCUT2D eigenvalue weighted by molar-refractivity contribution is -0.140. The molecule has 0 aromatic heterocycles. The van der Waals surface area contributed by atoms with Gasteiger partial charge in [0, 0.05) is 25.6 Å². The number of hydrogen-bond donors (Lipinski definition) is 1. The summed E-state index contributed by atoms with van der Waals surface area (Å²) in [4.78, 5) is 27.7. The fourth-order valence-corrected chi connectivity index (χ4v) is 4.83. The summed E-state index contributed by atoms with van der Waals surface area (Å²) >= 11 is 0. The molecule has 1 N–H and O–H groups in total. The van der Waals surface area contributed by atoms with Gasteiger partial charge in [-0.05, 0) is 63.3 Å². The Balaban J connectivity index is 2.18. The minimum Gasteiger partial charge on any atom is -0.352 e. The molecule has 0 unspecified atom stereocenters. The van der Waals surface area contributed by atoms with Crippen molar-refractivity contribution >= 4 is 27.5 Å². The van der Waals surface area contributed by atoms with Gasteiger partial charge in [0.1, 0.15) is 6.04 Å². The lowest BCUT2D eigenvalue weighted by Gasteiger charge is -2.30. The highest BCUT2D eigenvalue weighted by molar-refractivity contribution is 7.92. The number of benzene rings is 2. The monoisotopic (exact) mass is 501 g/mol. The van der Waals surface area contributed by atoms with Crippen molar-refractivity contribution in [2.45, 2.75) is 72.5 Å². The number of nitrogens with one attached hydrogen (secondary N) is 1. The fourth-order valence-electron chi connectivity index (χ4n) is 3.82. The van der Waals surface area contributed by atoms with Crippen LogP contribution < -0.4 is 9.62 Å². The van der Waals surface area contributed by atoms with Gasteiger partial charge in [-0.2, -0.15) is 0 Å². The number of hydrogen-bond acceptors (Lipinski definition) is 4. The molecule has 0 aliphatic carbocycles. The Morgan fingerprint density at radius 2 is 1.66 bits per heavy atom. The van der Waals surface area contributed by atoms with Crippen molar-refractivity contribution < 1.29 is 18.0 Å². The van der Waals surface area contributed by atoms with E-state index in [0.29, 0.717) is 18.7 Å². The van der Waals surface area contributed by atoms with E-state index in [0.717, 1.165) is 23.1 Å². The first-order valence-corrected chi connectivity index (χ1v) is 14.0. The molecule has 0 fully saturated rings. The molecule has 0 heterocycles. The second kappa shape index (κ2) is 12.7. The van der Waals surface area contributed by atoms with Crippen LogP contribution in [0.15, 0.2) is 48.5 Å². The molecule has 2 atom stereocenters. The molecule has 8 heteroatoms. The highest BCUT2D eigenvalue weighted by Crippen LogP contribution is 2.25. The summed E-state index contributed by atoms with van der Waals surface area (Å²) in [6.45, 7) is 9.98. The number of sulfonamides is 1. The first-order valence-electron chi connectivity index (χ1n) is 12.1. The fraction of sp³-hybridized carbons (Fsp3) is 0.481. The summed E-state index contributed by atoms with van der Waals surface area (Å²) in [7, 11) is -3.53. The van der Waals surface area contributed by atoms with Crippen LogP contribution in [-0.2, 0) is 26.2 Å². The number of rotatable bonds is 12. The molecule has 2 amide bonds. The van der Waals surface area contributed by atoms with Gasteiger partial charge in [-0.15, -0.1) is 0 Å². The van der Waals surface area contributed by atoms with E-state index in [9.17, 15) is 18.0 Å². The van der Waals surface area contributed by atoms with Crippen molar-refractivity contribution in [1.82, 2.24) is 10.2 Å². The second-order valence-electron chi connectivity index (χ2n) is 9.16. The zero-order valence-electron chi connectivity index (χ0n) is 21.7. The predicted molar refractivity (Wildman–Crippen MR) is 142 cm³/mol. The van der Waals surface area contributed by atoms with E-state index in [1.807, 2.05) is 70.2 Å². The van der Waals surface area contributed by atoms with Crippen molar-refractivity contribution in [3.63, 3.8) is 0 Å². The first kappa shape index (κ1) is 28.4. The molecule has 0 saturated heterocycles. The number of carbonyl (C=O) groups excluding carboxylic acids is 2. The maximum absolute atomic E-state index is 13.3. The smallest absolute Gasteiger partial charge is 0.242 e. The van der Waals surface area contributed by atoms with Crippen LogP contribution in [0.2, 0.25) is 0 Å². The van der Waals surface area contributed by atoms with Crippen LogP contribution in [0.1, 0.15) is 56.7 Å². The molecule has 0 spiro atoms. The predicted octanol–water partition coefficient (Wildman–Crippen LogP) is 4.18. The van der Waals surface area contributed by atoms with Crippen molar-refractivity contribution in [3.05, 3.63) is 65.2 Å². The van der Waals surface area contributed by atoms with Gasteiger partial charge in [0.15, 0.2) is 0 Å². The normalized spacial score (nSPS) is 13.1. The van der Waals surface area contributed by atoms with Crippen molar-refractivity contribution in [2.75, 3.05) is 17.1 Å². The lowest BCUT2D eigenvalue weighted by atomic mass is 10.1. The molecule has 0 aliphatic heterocycles. The van der Waals surface area contributed by atoms with Crippen molar-refractivity contribution in [3.8, 4) is 0 Å². The SMILES string of the molecule is CC[C@@H](C)NC(=O)[C@@H](C)N(Cc1ccccc1)C(=O)CCCN(c1cccc(C)c1C)S(C)(=O)=O. The maximum atomic E-state index is 13.3.